The van der Waals surface area contributed by atoms with E-state index in [-0.39, 0.29) is 72.2 Å². The molecule has 10 aliphatic rings. The van der Waals surface area contributed by atoms with Gasteiger partial charge in [-0.05, 0) is 98.3 Å². The lowest BCUT2D eigenvalue weighted by molar-refractivity contribution is -0.354. The minimum atomic E-state index is -0.955. The largest absolute Gasteiger partial charge is 0.390 e. The Morgan fingerprint density at radius 2 is 1.03 bits per heavy atom. The fraction of sp³-hybridized carbons (Fsp3) is 0.982. The Balaban J connectivity index is 0.691. The zero-order valence-corrected chi connectivity index (χ0v) is 46.4. The quantitative estimate of drug-likeness (QED) is 0.204. The third-order valence-electron chi connectivity index (χ3n) is 20.0. The molecule has 0 amide bonds. The number of fused-ring (bicyclic) bond motifs is 5. The summed E-state index contributed by atoms with van der Waals surface area (Å²) in [5, 5.41) is 32.5. The summed E-state index contributed by atoms with van der Waals surface area (Å²) in [5.41, 5.74) is -0.787. The van der Waals surface area contributed by atoms with Crippen LogP contribution in [0.3, 0.4) is 0 Å². The Bertz CT molecular complexity index is 1920. The molecule has 20 heteroatoms. The topological polar surface area (TPSA) is 225 Å². The molecular weight excluding hydrogens is 981 g/mol. The van der Waals surface area contributed by atoms with E-state index >= 15 is 0 Å². The Morgan fingerprint density at radius 1 is 0.507 bits per heavy atom. The average molecular weight is 1070 g/mol. The van der Waals surface area contributed by atoms with E-state index in [9.17, 15) is 20.1 Å². The van der Waals surface area contributed by atoms with Crippen molar-refractivity contribution in [2.75, 3.05) is 28.4 Å². The van der Waals surface area contributed by atoms with E-state index in [2.05, 4.69) is 13.8 Å². The van der Waals surface area contributed by atoms with Crippen molar-refractivity contribution in [1.82, 2.24) is 0 Å². The van der Waals surface area contributed by atoms with Gasteiger partial charge < -0.3 is 91.1 Å². The minimum absolute atomic E-state index is 0.0179. The monoisotopic (exact) mass is 1070 g/mol. The summed E-state index contributed by atoms with van der Waals surface area (Å²) >= 11 is 0. The van der Waals surface area contributed by atoms with Gasteiger partial charge in [-0.2, -0.15) is 0 Å². The number of aliphatic hydroxyl groups is 3. The molecule has 1 spiro atoms. The van der Waals surface area contributed by atoms with Crippen molar-refractivity contribution >= 4 is 5.78 Å². The van der Waals surface area contributed by atoms with Gasteiger partial charge in [0.25, 0.3) is 0 Å². The SMILES string of the molecule is CO[C@@H]1[C@H](O[C@H]2[C@@H](O)C[C@H](O[C@@H]3[C@@H](C)O[C@@H](O[C@H]4[C@@H](OC)C[C@H](O[C@H]5[C@@H](OC)C[C@H](O[C@H]6CC[C@@]7(C)[C@@H](CC[C@@]89O[C@@H](C)[C@@H]%10C[C@H](O)C(=O)[C@]%10(C)[C@@H](C[C@@H]87)O9)C6)O[C@@H]5C)O[C@@H]4C)C[C@H]3OC)O[C@@H]2C)O[C@H](C)C[C@H]1O. The molecule has 2 bridgehead atoms. The highest BCUT2D eigenvalue weighted by atomic mass is 16.8. The van der Waals surface area contributed by atoms with Crippen LogP contribution in [0.4, 0.5) is 0 Å². The van der Waals surface area contributed by atoms with Crippen LogP contribution in [0.25, 0.3) is 0 Å². The van der Waals surface area contributed by atoms with Gasteiger partial charge in [-0.3, -0.25) is 4.79 Å². The number of rotatable bonds is 14. The lowest BCUT2D eigenvalue weighted by Crippen LogP contribution is -2.59. The van der Waals surface area contributed by atoms with Gasteiger partial charge in [-0.15, -0.1) is 0 Å². The van der Waals surface area contributed by atoms with Crippen LogP contribution in [0.5, 0.6) is 0 Å². The molecule has 10 fully saturated rings. The van der Waals surface area contributed by atoms with Crippen LogP contribution in [0.2, 0.25) is 0 Å². The Labute approximate surface area is 443 Å². The maximum absolute atomic E-state index is 13.5. The van der Waals surface area contributed by atoms with Crippen molar-refractivity contribution in [2.45, 2.75) is 286 Å². The van der Waals surface area contributed by atoms with Gasteiger partial charge in [0.2, 0.25) is 0 Å². The maximum atomic E-state index is 13.5. The van der Waals surface area contributed by atoms with Crippen molar-refractivity contribution in [3.05, 3.63) is 0 Å². The van der Waals surface area contributed by atoms with E-state index in [4.69, 9.17) is 75.8 Å². The predicted molar refractivity (Wildman–Crippen MR) is 262 cm³/mol. The Kier molecular flexibility index (Phi) is 17.3. The van der Waals surface area contributed by atoms with Crippen LogP contribution >= 0.6 is 0 Å². The second-order valence-corrected chi connectivity index (χ2v) is 24.4. The minimum Gasteiger partial charge on any atom is -0.390 e. The lowest BCUT2D eigenvalue weighted by atomic mass is 9.52. The van der Waals surface area contributed by atoms with E-state index in [1.807, 2.05) is 34.6 Å². The van der Waals surface area contributed by atoms with Gasteiger partial charge >= 0.3 is 0 Å². The maximum Gasteiger partial charge on any atom is 0.187 e. The zero-order valence-electron chi connectivity index (χ0n) is 46.4. The first-order valence-electron chi connectivity index (χ1n) is 28.3. The molecule has 0 unspecified atom stereocenters. The van der Waals surface area contributed by atoms with E-state index in [1.54, 1.807) is 28.3 Å². The number of ketones is 1. The zero-order chi connectivity index (χ0) is 53.5. The summed E-state index contributed by atoms with van der Waals surface area (Å²) in [5.74, 6) is -0.290. The summed E-state index contributed by atoms with van der Waals surface area (Å²) in [6.07, 6.45) is -5.07. The number of carbonyl (C=O) groups is 1. The smallest absolute Gasteiger partial charge is 0.187 e. The molecule has 0 radical (unpaired) electrons. The van der Waals surface area contributed by atoms with Crippen LogP contribution < -0.4 is 0 Å². The first kappa shape index (κ1) is 57.2. The molecule has 10 rings (SSSR count). The highest BCUT2D eigenvalue weighted by Crippen LogP contribution is 2.67. The second kappa shape index (κ2) is 22.7. The number of ether oxygens (including phenoxy) is 16. The van der Waals surface area contributed by atoms with Crippen molar-refractivity contribution in [3.63, 3.8) is 0 Å². The van der Waals surface area contributed by atoms with Gasteiger partial charge in [-0.25, -0.2) is 0 Å². The van der Waals surface area contributed by atoms with Crippen LogP contribution in [0, 0.1) is 28.6 Å². The number of hydrogen-bond donors (Lipinski definition) is 3. The first-order valence-corrected chi connectivity index (χ1v) is 28.3. The molecule has 0 aromatic carbocycles. The fourth-order valence-electron chi connectivity index (χ4n) is 15.8. The summed E-state index contributed by atoms with van der Waals surface area (Å²) in [4.78, 5) is 13.5. The van der Waals surface area contributed by atoms with Crippen LogP contribution in [0.1, 0.15) is 132 Å². The lowest BCUT2D eigenvalue weighted by Gasteiger charge is -2.57. The van der Waals surface area contributed by atoms with Gasteiger partial charge in [0.15, 0.2) is 43.0 Å². The number of aliphatic hydroxyl groups excluding tert-OH is 3. The van der Waals surface area contributed by atoms with Crippen molar-refractivity contribution in [2.24, 2.45) is 28.6 Å². The Hall–Kier alpha value is -1.09. The average Bonchev–Trinajstić information content (AvgIpc) is 3.89. The van der Waals surface area contributed by atoms with Crippen molar-refractivity contribution in [3.8, 4) is 0 Å². The van der Waals surface area contributed by atoms with E-state index in [0.29, 0.717) is 38.0 Å². The molecule has 75 heavy (non-hydrogen) atoms. The predicted octanol–water partition coefficient (Wildman–Crippen LogP) is 4.45. The van der Waals surface area contributed by atoms with E-state index < -0.39 is 116 Å². The van der Waals surface area contributed by atoms with Crippen molar-refractivity contribution < 1.29 is 95.9 Å². The van der Waals surface area contributed by atoms with Crippen LogP contribution in [-0.2, 0) is 80.6 Å². The molecule has 7 heterocycles. The molecule has 430 valence electrons. The number of carbonyl (C=O) groups excluding carboxylic acids is 1. The molecule has 3 N–H and O–H groups in total. The molecular formula is C55H90O20. The molecule has 30 atom stereocenters. The van der Waals surface area contributed by atoms with Gasteiger partial charge in [0, 0.05) is 78.8 Å². The number of Topliss-reactive ketones (excluding diaryl/α,β-unsaturated/α-hetero) is 1. The van der Waals surface area contributed by atoms with Crippen molar-refractivity contribution in [1.29, 1.82) is 0 Å². The standard InChI is InChI=1S/C55H90O20/c1-25-17-34(56)50(63-12)52(64-25)73-46-27(3)65-42(20-35(46)57)70-47-29(5)67-44(22-38(47)61-10)72-49-30(6)68-45(23-39(49)62-11)71-48-28(4)66-43(21-37(48)60-9)69-32-14-15-53(7)31(18-32)13-16-55-40(53)24-41(75-55)54(8)33(26(2)74-55)19-36(58)51(54)59/h25-50,52,56-58H,13-24H2,1-12H3/t25-,26+,27-,28-,29-,30-,31+,32+,33+,34-,35+,36+,37+,38-,39+,40-,41-,42+,43+,44+,45+,46-,47-,48-,49-,50+,52+,53+,54+,55+/m1/s1. The summed E-state index contributed by atoms with van der Waals surface area (Å²) in [6.45, 7) is 16.0. The highest BCUT2D eigenvalue weighted by molar-refractivity contribution is 5.91. The molecule has 7 aliphatic heterocycles. The van der Waals surface area contributed by atoms with Gasteiger partial charge in [-0.1, -0.05) is 6.92 Å². The molecule has 3 saturated carbocycles. The second-order valence-electron chi connectivity index (χ2n) is 24.4. The molecule has 20 nitrogen and oxygen atoms in total. The molecule has 3 aliphatic carbocycles. The third kappa shape index (κ3) is 10.7. The normalized spacial score (nSPS) is 55.2. The van der Waals surface area contributed by atoms with Gasteiger partial charge in [0.1, 0.15) is 36.6 Å². The van der Waals surface area contributed by atoms with Crippen LogP contribution in [0.15, 0.2) is 0 Å². The number of hydrogen-bond acceptors (Lipinski definition) is 20. The first-order chi connectivity index (χ1) is 35.7. The van der Waals surface area contributed by atoms with Gasteiger partial charge in [0.05, 0.1) is 84.8 Å². The fourth-order valence-corrected chi connectivity index (χ4v) is 15.8. The highest BCUT2D eigenvalue weighted by Gasteiger charge is 2.71. The molecule has 7 saturated heterocycles. The Morgan fingerprint density at radius 3 is 1.56 bits per heavy atom. The molecule has 0 aromatic heterocycles. The summed E-state index contributed by atoms with van der Waals surface area (Å²) < 4.78 is 102. The molecule has 0 aromatic rings. The number of methoxy groups -OCH3 is 4. The van der Waals surface area contributed by atoms with Crippen LogP contribution in [-0.4, -0.2) is 203 Å². The summed E-state index contributed by atoms with van der Waals surface area (Å²) in [6, 6.07) is 0. The van der Waals surface area contributed by atoms with E-state index in [0.717, 1.165) is 38.5 Å². The summed E-state index contributed by atoms with van der Waals surface area (Å²) in [7, 11) is 6.48. The van der Waals surface area contributed by atoms with E-state index in [1.165, 1.54) is 7.11 Å². The third-order valence-corrected chi connectivity index (χ3v) is 20.0.